The molecular weight excluding hydrogens is 318 g/mol. The molecule has 0 saturated heterocycles. The van der Waals surface area contributed by atoms with Crippen LogP contribution in [0.25, 0.3) is 0 Å². The Balaban J connectivity index is 2.07. The molecule has 102 valence electrons. The summed E-state index contributed by atoms with van der Waals surface area (Å²) in [6, 6.07) is 11.4. The Kier molecular flexibility index (Phi) is 5.10. The Labute approximate surface area is 126 Å². The van der Waals surface area contributed by atoms with Crippen LogP contribution < -0.4 is 10.5 Å². The summed E-state index contributed by atoms with van der Waals surface area (Å²) >= 11 is 3.49. The van der Waals surface area contributed by atoms with Gasteiger partial charge in [0.2, 0.25) is 0 Å². The minimum absolute atomic E-state index is 0.394. The number of hydrogen-bond donors (Lipinski definition) is 1. The average molecular weight is 332 g/mol. The second-order valence-electron chi connectivity index (χ2n) is 4.24. The predicted octanol–water partition coefficient (Wildman–Crippen LogP) is 2.80. The third kappa shape index (κ3) is 3.80. The van der Waals surface area contributed by atoms with Gasteiger partial charge in [0.05, 0.1) is 0 Å². The smallest absolute Gasteiger partial charge is 0.140 e. The van der Waals surface area contributed by atoms with Gasteiger partial charge >= 0.3 is 0 Å². The molecule has 1 aromatic heterocycles. The van der Waals surface area contributed by atoms with Gasteiger partial charge < -0.3 is 10.5 Å². The third-order valence-corrected chi connectivity index (χ3v) is 3.55. The lowest BCUT2D eigenvalue weighted by atomic mass is 10.1. The zero-order valence-corrected chi connectivity index (χ0v) is 12.4. The number of benzene rings is 1. The average Bonchev–Trinajstić information content (AvgIpc) is 2.48. The fourth-order valence-electron chi connectivity index (χ4n) is 1.78. The number of rotatable bonds is 5. The number of nitrogens with zero attached hydrogens (tertiary/aromatic N) is 2. The number of aromatic nitrogens is 1. The van der Waals surface area contributed by atoms with E-state index in [0.29, 0.717) is 18.8 Å². The van der Waals surface area contributed by atoms with Crippen molar-refractivity contribution in [2.45, 2.75) is 13.0 Å². The maximum Gasteiger partial charge on any atom is 0.140 e. The number of halogens is 1. The zero-order chi connectivity index (χ0) is 14.4. The van der Waals surface area contributed by atoms with Gasteiger partial charge in [-0.25, -0.2) is 4.98 Å². The van der Waals surface area contributed by atoms with E-state index in [2.05, 4.69) is 20.9 Å². The second-order valence-corrected chi connectivity index (χ2v) is 5.10. The lowest BCUT2D eigenvalue weighted by Crippen LogP contribution is -2.04. The van der Waals surface area contributed by atoms with Gasteiger partial charge in [0, 0.05) is 10.7 Å². The summed E-state index contributed by atoms with van der Waals surface area (Å²) in [6.45, 7) is 0.999. The minimum atomic E-state index is 0.394. The molecule has 0 atom stereocenters. The van der Waals surface area contributed by atoms with Crippen LogP contribution >= 0.6 is 15.9 Å². The Bertz CT molecular complexity index is 637. The molecule has 5 heteroatoms. The maximum absolute atomic E-state index is 8.80. The summed E-state index contributed by atoms with van der Waals surface area (Å²) in [6.07, 6.45) is 2.41. The Morgan fingerprint density at radius 2 is 2.15 bits per heavy atom. The van der Waals surface area contributed by atoms with Gasteiger partial charge in [-0.3, -0.25) is 0 Å². The molecule has 1 heterocycles. The van der Waals surface area contributed by atoms with Crippen LogP contribution in [-0.2, 0) is 13.0 Å². The molecule has 4 nitrogen and oxygen atoms in total. The van der Waals surface area contributed by atoms with E-state index < -0.39 is 0 Å². The number of hydrogen-bond acceptors (Lipinski definition) is 4. The van der Waals surface area contributed by atoms with Crippen LogP contribution in [0.2, 0.25) is 0 Å². The number of nitriles is 1. The van der Waals surface area contributed by atoms with Crippen LogP contribution in [0.15, 0.2) is 41.0 Å². The molecule has 1 aromatic carbocycles. The number of ether oxygens (including phenoxy) is 1. The van der Waals surface area contributed by atoms with Crippen molar-refractivity contribution in [3.63, 3.8) is 0 Å². The topological polar surface area (TPSA) is 71.9 Å². The lowest BCUT2D eigenvalue weighted by molar-refractivity contribution is 0.305. The van der Waals surface area contributed by atoms with E-state index in [1.807, 2.05) is 30.3 Å². The van der Waals surface area contributed by atoms with Crippen molar-refractivity contribution < 1.29 is 4.74 Å². The minimum Gasteiger partial charge on any atom is -0.489 e. The zero-order valence-electron chi connectivity index (χ0n) is 10.8. The lowest BCUT2D eigenvalue weighted by Gasteiger charge is -2.09. The molecule has 20 heavy (non-hydrogen) atoms. The highest BCUT2D eigenvalue weighted by molar-refractivity contribution is 9.10. The molecule has 0 saturated carbocycles. The first kappa shape index (κ1) is 14.5. The first-order valence-corrected chi connectivity index (χ1v) is 6.98. The van der Waals surface area contributed by atoms with E-state index in [1.165, 1.54) is 0 Å². The van der Waals surface area contributed by atoms with Gasteiger partial charge in [-0.2, -0.15) is 5.26 Å². The van der Waals surface area contributed by atoms with Crippen LogP contribution in [0.1, 0.15) is 16.8 Å². The second kappa shape index (κ2) is 7.04. The maximum atomic E-state index is 8.80. The van der Waals surface area contributed by atoms with E-state index in [-0.39, 0.29) is 0 Å². The highest BCUT2D eigenvalue weighted by Crippen LogP contribution is 2.23. The molecule has 0 radical (unpaired) electrons. The van der Waals surface area contributed by atoms with Gasteiger partial charge in [0.1, 0.15) is 24.1 Å². The molecule has 2 aromatic rings. The summed E-state index contributed by atoms with van der Waals surface area (Å²) in [7, 11) is 0. The van der Waals surface area contributed by atoms with Gasteiger partial charge in [-0.05, 0) is 54.4 Å². The molecule has 0 fully saturated rings. The van der Waals surface area contributed by atoms with Crippen molar-refractivity contribution in [1.29, 1.82) is 5.26 Å². The molecule has 0 aliphatic heterocycles. The van der Waals surface area contributed by atoms with Crippen molar-refractivity contribution in [3.05, 3.63) is 57.8 Å². The predicted molar refractivity (Wildman–Crippen MR) is 80.2 cm³/mol. The number of pyridine rings is 1. The van der Waals surface area contributed by atoms with Crippen LogP contribution in [-0.4, -0.2) is 11.5 Å². The monoisotopic (exact) mass is 331 g/mol. The van der Waals surface area contributed by atoms with Gasteiger partial charge in [0.25, 0.3) is 0 Å². The molecular formula is C15H14BrN3O. The molecule has 2 rings (SSSR count). The molecule has 0 aliphatic carbocycles. The van der Waals surface area contributed by atoms with Crippen molar-refractivity contribution >= 4 is 15.9 Å². The van der Waals surface area contributed by atoms with Crippen LogP contribution in [0.3, 0.4) is 0 Å². The van der Waals surface area contributed by atoms with Crippen molar-refractivity contribution in [2.75, 3.05) is 6.54 Å². The molecule has 0 spiro atoms. The molecule has 0 amide bonds. The molecule has 0 aliphatic rings. The highest BCUT2D eigenvalue weighted by atomic mass is 79.9. The Morgan fingerprint density at radius 1 is 1.30 bits per heavy atom. The van der Waals surface area contributed by atoms with Gasteiger partial charge in [0.15, 0.2) is 0 Å². The fraction of sp³-hybridized carbons (Fsp3) is 0.200. The van der Waals surface area contributed by atoms with E-state index in [9.17, 15) is 0 Å². The largest absolute Gasteiger partial charge is 0.489 e. The summed E-state index contributed by atoms with van der Waals surface area (Å²) < 4.78 is 6.77. The number of nitrogens with two attached hydrogens (primary N) is 1. The van der Waals surface area contributed by atoms with Crippen LogP contribution in [0.5, 0.6) is 5.75 Å². The van der Waals surface area contributed by atoms with E-state index in [4.69, 9.17) is 15.7 Å². The quantitative estimate of drug-likeness (QED) is 0.914. The fourth-order valence-corrected chi connectivity index (χ4v) is 2.22. The van der Waals surface area contributed by atoms with Crippen molar-refractivity contribution in [3.8, 4) is 11.8 Å². The van der Waals surface area contributed by atoms with E-state index in [0.717, 1.165) is 27.8 Å². The Hall–Kier alpha value is -1.90. The standard InChI is InChI=1S/C15H14BrN3O/c16-15-2-1-14(8-12(15)3-5-17)20-10-11-4-6-19-13(7-11)9-18/h1-2,4,6-8H,3,5,10,17H2. The first-order valence-electron chi connectivity index (χ1n) is 6.19. The molecule has 0 bridgehead atoms. The summed E-state index contributed by atoms with van der Waals surface area (Å²) in [4.78, 5) is 3.93. The van der Waals surface area contributed by atoms with Gasteiger partial charge in [-0.15, -0.1) is 0 Å². The Morgan fingerprint density at radius 3 is 2.90 bits per heavy atom. The first-order chi connectivity index (χ1) is 9.72. The normalized spacial score (nSPS) is 10.1. The van der Waals surface area contributed by atoms with Crippen LogP contribution in [0, 0.1) is 11.3 Å². The van der Waals surface area contributed by atoms with E-state index in [1.54, 1.807) is 12.3 Å². The highest BCUT2D eigenvalue weighted by Gasteiger charge is 2.03. The summed E-state index contributed by atoms with van der Waals surface area (Å²) in [5.41, 5.74) is 8.01. The SMILES string of the molecule is N#Cc1cc(COc2ccc(Br)c(CCN)c2)ccn1. The molecule has 2 N–H and O–H groups in total. The third-order valence-electron chi connectivity index (χ3n) is 2.78. The summed E-state index contributed by atoms with van der Waals surface area (Å²) in [5.74, 6) is 0.784. The van der Waals surface area contributed by atoms with Gasteiger partial charge in [-0.1, -0.05) is 15.9 Å². The van der Waals surface area contributed by atoms with E-state index >= 15 is 0 Å². The molecule has 0 unspecified atom stereocenters. The van der Waals surface area contributed by atoms with Crippen molar-refractivity contribution in [1.82, 2.24) is 4.98 Å². The van der Waals surface area contributed by atoms with Crippen molar-refractivity contribution in [2.24, 2.45) is 5.73 Å². The van der Waals surface area contributed by atoms with Crippen LogP contribution in [0.4, 0.5) is 0 Å². The summed E-state index contributed by atoms with van der Waals surface area (Å²) in [5, 5.41) is 8.80.